The van der Waals surface area contributed by atoms with E-state index in [1.54, 1.807) is 30.4 Å². The number of hydrogen-bond donors (Lipinski definition) is 1. The largest absolute Gasteiger partial charge is 0.507 e. The highest BCUT2D eigenvalue weighted by Gasteiger charge is 2.12. The summed E-state index contributed by atoms with van der Waals surface area (Å²) >= 11 is 1.61. The van der Waals surface area contributed by atoms with Gasteiger partial charge in [-0.05, 0) is 48.4 Å². The molecule has 1 N–H and O–H groups in total. The van der Waals surface area contributed by atoms with Crippen LogP contribution in [0, 0.1) is 6.92 Å². The molecule has 94 valence electrons. The Morgan fingerprint density at radius 1 is 1.39 bits per heavy atom. The highest BCUT2D eigenvalue weighted by Crippen LogP contribution is 2.31. The average molecular weight is 262 g/mol. The van der Waals surface area contributed by atoms with Gasteiger partial charge in [0.05, 0.1) is 5.56 Å². The van der Waals surface area contributed by atoms with Crippen LogP contribution < -0.4 is 4.74 Å². The molecular weight excluding hydrogens is 248 g/mol. The minimum Gasteiger partial charge on any atom is -0.507 e. The van der Waals surface area contributed by atoms with Gasteiger partial charge < -0.3 is 9.84 Å². The van der Waals surface area contributed by atoms with Crippen LogP contribution in [0.25, 0.3) is 0 Å². The number of Topliss-reactive ketones (excluding diaryl/α,β-unsaturated/α-hetero) is 1. The van der Waals surface area contributed by atoms with E-state index in [0.717, 1.165) is 5.56 Å². The van der Waals surface area contributed by atoms with Crippen LogP contribution in [0.3, 0.4) is 0 Å². The molecule has 2 aromatic rings. The third-order valence-electron chi connectivity index (χ3n) is 2.74. The summed E-state index contributed by atoms with van der Waals surface area (Å²) in [4.78, 5) is 11.3. The van der Waals surface area contributed by atoms with E-state index >= 15 is 0 Å². The highest BCUT2D eigenvalue weighted by atomic mass is 32.1. The van der Waals surface area contributed by atoms with Crippen LogP contribution in [-0.2, 0) is 6.61 Å². The van der Waals surface area contributed by atoms with E-state index in [1.165, 1.54) is 6.92 Å². The zero-order valence-electron chi connectivity index (χ0n) is 10.3. The number of carbonyl (C=O) groups is 1. The van der Waals surface area contributed by atoms with Crippen LogP contribution in [0.5, 0.6) is 11.5 Å². The van der Waals surface area contributed by atoms with Crippen molar-refractivity contribution in [2.24, 2.45) is 0 Å². The van der Waals surface area contributed by atoms with Crippen LogP contribution >= 0.6 is 11.3 Å². The molecule has 0 saturated carbocycles. The van der Waals surface area contributed by atoms with Gasteiger partial charge in [-0.2, -0.15) is 11.3 Å². The van der Waals surface area contributed by atoms with Gasteiger partial charge in [0.25, 0.3) is 0 Å². The number of ketones is 1. The first-order valence-corrected chi connectivity index (χ1v) is 6.51. The summed E-state index contributed by atoms with van der Waals surface area (Å²) in [5, 5.41) is 13.9. The van der Waals surface area contributed by atoms with E-state index in [-0.39, 0.29) is 11.5 Å². The number of rotatable bonds is 4. The normalized spacial score (nSPS) is 10.3. The van der Waals surface area contributed by atoms with E-state index in [4.69, 9.17) is 4.74 Å². The Hall–Kier alpha value is -1.81. The maximum atomic E-state index is 11.3. The summed E-state index contributed by atoms with van der Waals surface area (Å²) < 4.78 is 5.63. The zero-order chi connectivity index (χ0) is 13.1. The lowest BCUT2D eigenvalue weighted by Crippen LogP contribution is -1.99. The molecule has 0 aliphatic heterocycles. The molecule has 0 spiro atoms. The van der Waals surface area contributed by atoms with Crippen molar-refractivity contribution in [1.29, 1.82) is 0 Å². The second kappa shape index (κ2) is 5.23. The van der Waals surface area contributed by atoms with Gasteiger partial charge in [-0.3, -0.25) is 4.79 Å². The number of ether oxygens (including phenoxy) is 1. The Balaban J connectivity index is 2.19. The van der Waals surface area contributed by atoms with Gasteiger partial charge in [-0.25, -0.2) is 0 Å². The first-order valence-electron chi connectivity index (χ1n) is 5.57. The van der Waals surface area contributed by atoms with Crippen molar-refractivity contribution in [3.63, 3.8) is 0 Å². The van der Waals surface area contributed by atoms with Crippen LogP contribution in [-0.4, -0.2) is 10.9 Å². The number of aromatic hydroxyl groups is 1. The van der Waals surface area contributed by atoms with Crippen molar-refractivity contribution < 1.29 is 14.6 Å². The topological polar surface area (TPSA) is 46.5 Å². The van der Waals surface area contributed by atoms with Crippen LogP contribution in [0.1, 0.15) is 28.4 Å². The molecule has 18 heavy (non-hydrogen) atoms. The lowest BCUT2D eigenvalue weighted by molar-refractivity contribution is 0.101. The molecule has 0 unspecified atom stereocenters. The molecule has 0 bridgehead atoms. The Morgan fingerprint density at radius 2 is 2.17 bits per heavy atom. The predicted molar refractivity (Wildman–Crippen MR) is 71.5 cm³/mol. The fourth-order valence-corrected chi connectivity index (χ4v) is 2.31. The van der Waals surface area contributed by atoms with Crippen molar-refractivity contribution >= 4 is 17.1 Å². The van der Waals surface area contributed by atoms with E-state index in [0.29, 0.717) is 23.5 Å². The van der Waals surface area contributed by atoms with Crippen molar-refractivity contribution in [1.82, 2.24) is 0 Å². The van der Waals surface area contributed by atoms with Crippen LogP contribution in [0.2, 0.25) is 0 Å². The summed E-state index contributed by atoms with van der Waals surface area (Å²) in [6.45, 7) is 3.63. The Bertz CT molecular complexity index is 559. The van der Waals surface area contributed by atoms with Crippen LogP contribution in [0.4, 0.5) is 0 Å². The first-order chi connectivity index (χ1) is 8.59. The van der Waals surface area contributed by atoms with E-state index in [9.17, 15) is 9.90 Å². The zero-order valence-corrected chi connectivity index (χ0v) is 11.1. The van der Waals surface area contributed by atoms with E-state index < -0.39 is 0 Å². The predicted octanol–water partition coefficient (Wildman–Crippen LogP) is 3.54. The second-order valence-corrected chi connectivity index (χ2v) is 4.84. The number of phenolic OH excluding ortho intramolecular Hbond substituents is 1. The monoisotopic (exact) mass is 262 g/mol. The summed E-state index contributed by atoms with van der Waals surface area (Å²) in [5.41, 5.74) is 2.02. The van der Waals surface area contributed by atoms with Gasteiger partial charge in [0.2, 0.25) is 0 Å². The average Bonchev–Trinajstić information content (AvgIpc) is 2.83. The Labute approximate surface area is 110 Å². The molecule has 1 heterocycles. The van der Waals surface area contributed by atoms with Crippen molar-refractivity contribution in [2.45, 2.75) is 20.5 Å². The number of hydrogen-bond acceptors (Lipinski definition) is 4. The summed E-state index contributed by atoms with van der Waals surface area (Å²) in [5.74, 6) is 0.453. The summed E-state index contributed by atoms with van der Waals surface area (Å²) in [6.07, 6.45) is 0. The molecule has 0 radical (unpaired) electrons. The number of phenols is 1. The van der Waals surface area contributed by atoms with E-state index in [1.807, 2.05) is 16.8 Å². The standard InChI is InChI=1S/C14H14O3S/c1-9-13(17-7-11-5-6-18-8-11)4-3-12(10(2)15)14(9)16/h3-6,8,16H,7H2,1-2H3. The molecule has 3 nitrogen and oxygen atoms in total. The van der Waals surface area contributed by atoms with Crippen molar-refractivity contribution in [3.8, 4) is 11.5 Å². The Kier molecular flexibility index (Phi) is 3.67. The molecule has 0 aliphatic carbocycles. The minimum atomic E-state index is -0.153. The van der Waals surface area contributed by atoms with Gasteiger partial charge >= 0.3 is 0 Å². The second-order valence-electron chi connectivity index (χ2n) is 4.06. The SMILES string of the molecule is CC(=O)c1ccc(OCc2ccsc2)c(C)c1O. The molecule has 0 fully saturated rings. The minimum absolute atomic E-state index is 0.00492. The first kappa shape index (κ1) is 12.6. The fourth-order valence-electron chi connectivity index (χ4n) is 1.66. The van der Waals surface area contributed by atoms with E-state index in [2.05, 4.69) is 0 Å². The van der Waals surface area contributed by atoms with Crippen molar-refractivity contribution in [3.05, 3.63) is 45.6 Å². The van der Waals surface area contributed by atoms with Gasteiger partial charge in [-0.15, -0.1) is 0 Å². The summed E-state index contributed by atoms with van der Waals surface area (Å²) in [6, 6.07) is 5.30. The third-order valence-corrected chi connectivity index (χ3v) is 3.47. The number of thiophene rings is 1. The molecule has 0 aliphatic rings. The molecular formula is C14H14O3S. The lowest BCUT2D eigenvalue weighted by Gasteiger charge is -2.11. The lowest BCUT2D eigenvalue weighted by atomic mass is 10.1. The number of benzene rings is 1. The smallest absolute Gasteiger partial charge is 0.163 e. The maximum Gasteiger partial charge on any atom is 0.163 e. The molecule has 1 aromatic carbocycles. The quantitative estimate of drug-likeness (QED) is 0.857. The molecule has 1 aromatic heterocycles. The van der Waals surface area contributed by atoms with Gasteiger partial charge in [0.15, 0.2) is 5.78 Å². The summed E-state index contributed by atoms with van der Waals surface area (Å²) in [7, 11) is 0. The molecule has 0 amide bonds. The molecule has 2 rings (SSSR count). The Morgan fingerprint density at radius 3 is 2.78 bits per heavy atom. The maximum absolute atomic E-state index is 11.3. The molecule has 0 saturated heterocycles. The van der Waals surface area contributed by atoms with Crippen molar-refractivity contribution in [2.75, 3.05) is 0 Å². The van der Waals surface area contributed by atoms with Gasteiger partial charge in [0.1, 0.15) is 18.1 Å². The number of carbonyl (C=O) groups excluding carboxylic acids is 1. The molecule has 4 heteroatoms. The van der Waals surface area contributed by atoms with Gasteiger partial charge in [0, 0.05) is 5.56 Å². The highest BCUT2D eigenvalue weighted by molar-refractivity contribution is 7.07. The molecule has 0 atom stereocenters. The third kappa shape index (κ3) is 2.54. The van der Waals surface area contributed by atoms with Gasteiger partial charge in [-0.1, -0.05) is 0 Å². The fraction of sp³-hybridized carbons (Fsp3) is 0.214. The van der Waals surface area contributed by atoms with Crippen LogP contribution in [0.15, 0.2) is 29.0 Å².